The van der Waals surface area contributed by atoms with Gasteiger partial charge in [-0.1, -0.05) is 0 Å². The van der Waals surface area contributed by atoms with Crippen LogP contribution in [0.1, 0.15) is 23.8 Å². The lowest BCUT2D eigenvalue weighted by Gasteiger charge is -2.23. The minimum atomic E-state index is -0.492. The highest BCUT2D eigenvalue weighted by Gasteiger charge is 2.30. The number of anilines is 1. The van der Waals surface area contributed by atoms with E-state index >= 15 is 0 Å². The first-order valence-corrected chi connectivity index (χ1v) is 5.39. The van der Waals surface area contributed by atoms with E-state index in [2.05, 4.69) is 20.0 Å². The molecule has 1 atom stereocenters. The number of nitrogens with zero attached hydrogens (tertiary/aromatic N) is 2. The smallest absolute Gasteiger partial charge is 0.358 e. The number of ether oxygens (including phenoxy) is 2. The van der Waals surface area contributed by atoms with Crippen molar-refractivity contribution in [3.8, 4) is 0 Å². The molecule has 1 unspecified atom stereocenters. The summed E-state index contributed by atoms with van der Waals surface area (Å²) in [6, 6.07) is 0. The summed E-state index contributed by atoms with van der Waals surface area (Å²) >= 11 is 0. The second kappa shape index (κ2) is 4.67. The lowest BCUT2D eigenvalue weighted by Crippen LogP contribution is -2.35. The molecule has 6 nitrogen and oxygen atoms in total. The first kappa shape index (κ1) is 11.8. The van der Waals surface area contributed by atoms with E-state index in [1.54, 1.807) is 6.20 Å². The number of esters is 1. The quantitative estimate of drug-likeness (QED) is 0.786. The monoisotopic (exact) mass is 237 g/mol. The third-order valence-electron chi connectivity index (χ3n) is 2.68. The molecule has 0 aromatic carbocycles. The Balaban J connectivity index is 2.13. The van der Waals surface area contributed by atoms with Crippen LogP contribution in [0.2, 0.25) is 0 Å². The highest BCUT2D eigenvalue weighted by atomic mass is 16.5. The van der Waals surface area contributed by atoms with Crippen molar-refractivity contribution in [3.05, 3.63) is 18.1 Å². The summed E-state index contributed by atoms with van der Waals surface area (Å²) in [5.74, 6) is 0.0647. The molecule has 1 N–H and O–H groups in total. The van der Waals surface area contributed by atoms with Gasteiger partial charge in [-0.15, -0.1) is 0 Å². The van der Waals surface area contributed by atoms with Crippen LogP contribution >= 0.6 is 0 Å². The maximum atomic E-state index is 11.3. The Morgan fingerprint density at radius 3 is 3.06 bits per heavy atom. The van der Waals surface area contributed by atoms with Gasteiger partial charge in [0.2, 0.25) is 0 Å². The zero-order chi connectivity index (χ0) is 12.3. The average Bonchev–Trinajstić information content (AvgIpc) is 2.75. The molecule has 0 radical (unpaired) electrons. The van der Waals surface area contributed by atoms with Crippen molar-refractivity contribution in [2.75, 3.05) is 25.6 Å². The molecule has 0 spiro atoms. The molecule has 1 saturated heterocycles. The lowest BCUT2D eigenvalue weighted by atomic mass is 10.0. The minimum absolute atomic E-state index is 0.149. The molecule has 0 bridgehead atoms. The molecular weight excluding hydrogens is 222 g/mol. The summed E-state index contributed by atoms with van der Waals surface area (Å²) in [6.07, 6.45) is 3.86. The van der Waals surface area contributed by atoms with Gasteiger partial charge in [0.25, 0.3) is 0 Å². The second-order valence-corrected chi connectivity index (χ2v) is 4.27. The third kappa shape index (κ3) is 2.71. The maximum Gasteiger partial charge on any atom is 0.358 e. The molecule has 1 aromatic rings. The number of aromatic nitrogens is 2. The molecule has 92 valence electrons. The molecule has 6 heteroatoms. The highest BCUT2D eigenvalue weighted by Crippen LogP contribution is 2.22. The summed E-state index contributed by atoms with van der Waals surface area (Å²) in [5, 5.41) is 3.23. The SMILES string of the molecule is COC(=O)c1cncc(NC2(C)CCOC2)n1. The van der Waals surface area contributed by atoms with Crippen LogP contribution in [0.15, 0.2) is 12.4 Å². The summed E-state index contributed by atoms with van der Waals surface area (Å²) in [5.41, 5.74) is 0.0451. The van der Waals surface area contributed by atoms with Crippen LogP contribution in [-0.2, 0) is 9.47 Å². The van der Waals surface area contributed by atoms with Crippen LogP contribution in [0.5, 0.6) is 0 Å². The van der Waals surface area contributed by atoms with E-state index in [0.29, 0.717) is 12.4 Å². The van der Waals surface area contributed by atoms with E-state index in [1.165, 1.54) is 13.3 Å². The normalized spacial score (nSPS) is 23.4. The van der Waals surface area contributed by atoms with Gasteiger partial charge in [0.15, 0.2) is 5.69 Å². The molecule has 17 heavy (non-hydrogen) atoms. The molecule has 0 aliphatic carbocycles. The van der Waals surface area contributed by atoms with Gasteiger partial charge in [-0.05, 0) is 13.3 Å². The summed E-state index contributed by atoms with van der Waals surface area (Å²) in [7, 11) is 1.32. The zero-order valence-corrected chi connectivity index (χ0v) is 9.90. The summed E-state index contributed by atoms with van der Waals surface area (Å²) < 4.78 is 9.92. The molecule has 1 aliphatic rings. The summed E-state index contributed by atoms with van der Waals surface area (Å²) in [6.45, 7) is 3.40. The van der Waals surface area contributed by atoms with Gasteiger partial charge in [0.05, 0.1) is 31.6 Å². The van der Waals surface area contributed by atoms with Crippen molar-refractivity contribution in [2.45, 2.75) is 18.9 Å². The highest BCUT2D eigenvalue weighted by molar-refractivity contribution is 5.87. The fourth-order valence-corrected chi connectivity index (χ4v) is 1.70. The third-order valence-corrected chi connectivity index (χ3v) is 2.68. The van der Waals surface area contributed by atoms with Crippen LogP contribution in [0.4, 0.5) is 5.82 Å². The van der Waals surface area contributed by atoms with Crippen LogP contribution in [0, 0.1) is 0 Å². The Labute approximate surface area is 99.4 Å². The molecule has 0 saturated carbocycles. The van der Waals surface area contributed by atoms with E-state index in [-0.39, 0.29) is 11.2 Å². The van der Waals surface area contributed by atoms with Crippen LogP contribution < -0.4 is 5.32 Å². The molecule has 1 aliphatic heterocycles. The fraction of sp³-hybridized carbons (Fsp3) is 0.545. The van der Waals surface area contributed by atoms with Gasteiger partial charge in [0.1, 0.15) is 5.82 Å². The predicted molar refractivity (Wildman–Crippen MR) is 60.8 cm³/mol. The van der Waals surface area contributed by atoms with Gasteiger partial charge >= 0.3 is 5.97 Å². The van der Waals surface area contributed by atoms with Crippen molar-refractivity contribution in [1.82, 2.24) is 9.97 Å². The number of hydrogen-bond acceptors (Lipinski definition) is 6. The van der Waals surface area contributed by atoms with Gasteiger partial charge in [0, 0.05) is 6.61 Å². The largest absolute Gasteiger partial charge is 0.464 e. The summed E-state index contributed by atoms with van der Waals surface area (Å²) in [4.78, 5) is 19.4. The van der Waals surface area contributed by atoms with Gasteiger partial charge in [-0.2, -0.15) is 0 Å². The van der Waals surface area contributed by atoms with Crippen molar-refractivity contribution in [2.24, 2.45) is 0 Å². The Kier molecular flexibility index (Phi) is 3.23. The zero-order valence-electron chi connectivity index (χ0n) is 9.90. The van der Waals surface area contributed by atoms with E-state index in [1.807, 2.05) is 6.92 Å². The second-order valence-electron chi connectivity index (χ2n) is 4.27. The van der Waals surface area contributed by atoms with Crippen molar-refractivity contribution in [1.29, 1.82) is 0 Å². The topological polar surface area (TPSA) is 73.3 Å². The Hall–Kier alpha value is -1.69. The van der Waals surface area contributed by atoms with E-state index in [9.17, 15) is 4.79 Å². The molecule has 1 fully saturated rings. The van der Waals surface area contributed by atoms with Crippen LogP contribution in [0.3, 0.4) is 0 Å². The lowest BCUT2D eigenvalue weighted by molar-refractivity contribution is 0.0593. The average molecular weight is 237 g/mol. The minimum Gasteiger partial charge on any atom is -0.464 e. The van der Waals surface area contributed by atoms with E-state index in [4.69, 9.17) is 4.74 Å². The van der Waals surface area contributed by atoms with Crippen LogP contribution in [-0.4, -0.2) is 41.8 Å². The number of nitrogens with one attached hydrogen (secondary N) is 1. The Morgan fingerprint density at radius 2 is 2.41 bits per heavy atom. The Morgan fingerprint density at radius 1 is 1.59 bits per heavy atom. The molecule has 0 amide bonds. The number of hydrogen-bond donors (Lipinski definition) is 1. The van der Waals surface area contributed by atoms with Crippen molar-refractivity contribution < 1.29 is 14.3 Å². The van der Waals surface area contributed by atoms with Gasteiger partial charge in [-0.3, -0.25) is 4.98 Å². The standard InChI is InChI=1S/C11H15N3O3/c1-11(3-4-17-7-11)14-9-6-12-5-8(13-9)10(15)16-2/h5-6H,3-4,7H2,1-2H3,(H,13,14). The first-order chi connectivity index (χ1) is 8.13. The van der Waals surface area contributed by atoms with E-state index < -0.39 is 5.97 Å². The van der Waals surface area contributed by atoms with Gasteiger partial charge in [-0.25, -0.2) is 9.78 Å². The van der Waals surface area contributed by atoms with E-state index in [0.717, 1.165) is 13.0 Å². The number of methoxy groups -OCH3 is 1. The Bertz CT molecular complexity index is 416. The first-order valence-electron chi connectivity index (χ1n) is 5.39. The molecule has 2 heterocycles. The van der Waals surface area contributed by atoms with Gasteiger partial charge < -0.3 is 14.8 Å². The fourth-order valence-electron chi connectivity index (χ4n) is 1.70. The number of rotatable bonds is 3. The molecule has 2 rings (SSSR count). The number of carbonyl (C=O) groups is 1. The van der Waals surface area contributed by atoms with Crippen molar-refractivity contribution in [3.63, 3.8) is 0 Å². The molecule has 1 aromatic heterocycles. The number of carbonyl (C=O) groups excluding carboxylic acids is 1. The molecular formula is C11H15N3O3. The van der Waals surface area contributed by atoms with Crippen LogP contribution in [0.25, 0.3) is 0 Å². The van der Waals surface area contributed by atoms with Crippen molar-refractivity contribution >= 4 is 11.8 Å². The predicted octanol–water partition coefficient (Wildman–Crippen LogP) is 0.854. The maximum absolute atomic E-state index is 11.3.